The van der Waals surface area contributed by atoms with Crippen molar-refractivity contribution >= 4 is 21.6 Å². The van der Waals surface area contributed by atoms with Crippen LogP contribution in [0.25, 0.3) is 0 Å². The van der Waals surface area contributed by atoms with Crippen LogP contribution in [0.1, 0.15) is 56.2 Å². The molecule has 2 aromatic rings. The molecule has 0 N–H and O–H groups in total. The monoisotopic (exact) mass is 423 g/mol. The molecule has 1 fully saturated rings. The normalized spacial score (nSPS) is 21.7. The molecule has 0 bridgehead atoms. The Balaban J connectivity index is 1.94. The minimum absolute atomic E-state index is 0.0724. The predicted molar refractivity (Wildman–Crippen MR) is 112 cm³/mol. The van der Waals surface area contributed by atoms with Gasteiger partial charge in [0.2, 0.25) is 10.0 Å². The quantitative estimate of drug-likeness (QED) is 0.525. The van der Waals surface area contributed by atoms with E-state index in [1.54, 1.807) is 28.6 Å². The lowest BCUT2D eigenvalue weighted by molar-refractivity contribution is 0.307. The number of alkyl halides is 1. The molecule has 1 heterocycles. The average Bonchev–Trinajstić information content (AvgIpc) is 3.07. The van der Waals surface area contributed by atoms with Gasteiger partial charge in [-0.3, -0.25) is 0 Å². The zero-order chi connectivity index (χ0) is 20.3. The number of halogens is 2. The number of hydrogen-bond donors (Lipinski definition) is 0. The largest absolute Gasteiger partial charge is 0.243 e. The van der Waals surface area contributed by atoms with Gasteiger partial charge in [0.1, 0.15) is 5.82 Å². The molecular weight excluding hydrogens is 397 g/mol. The molecule has 0 amide bonds. The standard InChI is InChI=1S/C22H27ClFNO2S/c1-16-6-13-21(14-7-16)28(26,27)25-20(5-3-4-17(2)23)12-15-22(25)18-8-10-19(24)11-9-18/h6-11,13-14,17,20,22H,3-5,12,15H2,1-2H3. The van der Waals surface area contributed by atoms with E-state index in [4.69, 9.17) is 11.6 Å². The molecule has 0 radical (unpaired) electrons. The second-order valence-electron chi connectivity index (χ2n) is 7.66. The van der Waals surface area contributed by atoms with Crippen molar-refractivity contribution in [2.75, 3.05) is 0 Å². The third-order valence-corrected chi connectivity index (χ3v) is 7.62. The maximum Gasteiger partial charge on any atom is 0.243 e. The van der Waals surface area contributed by atoms with Crippen molar-refractivity contribution in [3.05, 3.63) is 65.5 Å². The van der Waals surface area contributed by atoms with Crippen LogP contribution in [-0.2, 0) is 10.0 Å². The van der Waals surface area contributed by atoms with Crippen molar-refractivity contribution in [2.45, 2.75) is 68.3 Å². The van der Waals surface area contributed by atoms with Crippen LogP contribution in [0.5, 0.6) is 0 Å². The topological polar surface area (TPSA) is 37.4 Å². The van der Waals surface area contributed by atoms with E-state index in [1.165, 1.54) is 12.1 Å². The van der Waals surface area contributed by atoms with Crippen LogP contribution in [-0.4, -0.2) is 24.1 Å². The molecule has 1 aliphatic heterocycles. The summed E-state index contributed by atoms with van der Waals surface area (Å²) in [5.41, 5.74) is 1.86. The molecule has 3 unspecified atom stereocenters. The Kier molecular flexibility index (Phi) is 6.79. The van der Waals surface area contributed by atoms with E-state index in [-0.39, 0.29) is 23.3 Å². The fraction of sp³-hybridized carbons (Fsp3) is 0.455. The van der Waals surface area contributed by atoms with Gasteiger partial charge in [-0.15, -0.1) is 11.6 Å². The number of sulfonamides is 1. The molecule has 2 aromatic carbocycles. The summed E-state index contributed by atoms with van der Waals surface area (Å²) >= 11 is 6.07. The van der Waals surface area contributed by atoms with E-state index in [2.05, 4.69) is 0 Å². The van der Waals surface area contributed by atoms with Gasteiger partial charge >= 0.3 is 0 Å². The Morgan fingerprint density at radius 2 is 1.75 bits per heavy atom. The summed E-state index contributed by atoms with van der Waals surface area (Å²) in [6, 6.07) is 12.8. The molecule has 1 aliphatic rings. The van der Waals surface area contributed by atoms with Gasteiger partial charge in [-0.25, -0.2) is 12.8 Å². The van der Waals surface area contributed by atoms with Crippen molar-refractivity contribution in [3.8, 4) is 0 Å². The SMILES string of the molecule is Cc1ccc(S(=O)(=O)N2C(CCCC(C)Cl)CCC2c2ccc(F)cc2)cc1. The van der Waals surface area contributed by atoms with E-state index < -0.39 is 10.0 Å². The van der Waals surface area contributed by atoms with Crippen LogP contribution in [0.3, 0.4) is 0 Å². The van der Waals surface area contributed by atoms with Crippen LogP contribution < -0.4 is 0 Å². The molecule has 3 atom stereocenters. The molecule has 3 nitrogen and oxygen atoms in total. The lowest BCUT2D eigenvalue weighted by Crippen LogP contribution is -2.37. The zero-order valence-corrected chi connectivity index (χ0v) is 17.9. The summed E-state index contributed by atoms with van der Waals surface area (Å²) in [6.07, 6.45) is 4.05. The molecule has 0 spiro atoms. The number of hydrogen-bond acceptors (Lipinski definition) is 2. The number of benzene rings is 2. The lowest BCUT2D eigenvalue weighted by Gasteiger charge is -2.30. The maximum atomic E-state index is 13.5. The number of nitrogens with zero attached hydrogens (tertiary/aromatic N) is 1. The van der Waals surface area contributed by atoms with E-state index in [0.717, 1.165) is 43.2 Å². The van der Waals surface area contributed by atoms with Crippen molar-refractivity contribution < 1.29 is 12.8 Å². The fourth-order valence-corrected chi connectivity index (χ4v) is 6.00. The Morgan fingerprint density at radius 1 is 1.11 bits per heavy atom. The number of aryl methyl sites for hydroxylation is 1. The number of rotatable bonds is 7. The minimum atomic E-state index is -3.66. The molecule has 28 heavy (non-hydrogen) atoms. The zero-order valence-electron chi connectivity index (χ0n) is 16.3. The minimum Gasteiger partial charge on any atom is -0.207 e. The average molecular weight is 424 g/mol. The predicted octanol–water partition coefficient (Wildman–Crippen LogP) is 5.83. The molecular formula is C22H27ClFNO2S. The highest BCUT2D eigenvalue weighted by Crippen LogP contribution is 2.42. The summed E-state index contributed by atoms with van der Waals surface area (Å²) in [5.74, 6) is -0.317. The highest BCUT2D eigenvalue weighted by molar-refractivity contribution is 7.89. The van der Waals surface area contributed by atoms with Crippen molar-refractivity contribution in [1.82, 2.24) is 4.31 Å². The van der Waals surface area contributed by atoms with Gasteiger partial charge in [0.15, 0.2) is 0 Å². The van der Waals surface area contributed by atoms with Crippen LogP contribution in [0.4, 0.5) is 4.39 Å². The Labute approximate surface area is 172 Å². The van der Waals surface area contributed by atoms with Gasteiger partial charge in [-0.05, 0) is 69.4 Å². The van der Waals surface area contributed by atoms with E-state index in [9.17, 15) is 12.8 Å². The molecule has 0 aliphatic carbocycles. The first-order chi connectivity index (χ1) is 13.3. The molecule has 3 rings (SSSR count). The first-order valence-corrected chi connectivity index (χ1v) is 11.7. The van der Waals surface area contributed by atoms with Gasteiger partial charge in [0, 0.05) is 11.4 Å². The maximum absolute atomic E-state index is 13.5. The highest BCUT2D eigenvalue weighted by atomic mass is 35.5. The van der Waals surface area contributed by atoms with Gasteiger partial charge < -0.3 is 0 Å². The van der Waals surface area contributed by atoms with Crippen molar-refractivity contribution in [3.63, 3.8) is 0 Å². The van der Waals surface area contributed by atoms with Crippen LogP contribution in [0.2, 0.25) is 0 Å². The molecule has 6 heteroatoms. The molecule has 0 aromatic heterocycles. The summed E-state index contributed by atoms with van der Waals surface area (Å²) in [5, 5.41) is 0.0801. The van der Waals surface area contributed by atoms with Crippen LogP contribution >= 0.6 is 11.6 Å². The molecule has 0 saturated carbocycles. The Morgan fingerprint density at radius 3 is 2.36 bits per heavy atom. The third kappa shape index (κ3) is 4.76. The summed E-state index contributed by atoms with van der Waals surface area (Å²) in [6.45, 7) is 3.89. The van der Waals surface area contributed by atoms with Gasteiger partial charge in [0.25, 0.3) is 0 Å². The van der Waals surface area contributed by atoms with Crippen molar-refractivity contribution in [2.24, 2.45) is 0 Å². The van der Waals surface area contributed by atoms with Gasteiger partial charge in [0.05, 0.1) is 10.9 Å². The summed E-state index contributed by atoms with van der Waals surface area (Å²) in [7, 11) is -3.66. The molecule has 152 valence electrons. The van der Waals surface area contributed by atoms with Gasteiger partial charge in [-0.2, -0.15) is 4.31 Å². The molecule has 1 saturated heterocycles. The van der Waals surface area contributed by atoms with Gasteiger partial charge in [-0.1, -0.05) is 36.2 Å². The Bertz CT molecular complexity index is 882. The van der Waals surface area contributed by atoms with Crippen LogP contribution in [0.15, 0.2) is 53.4 Å². The smallest absolute Gasteiger partial charge is 0.207 e. The first-order valence-electron chi connectivity index (χ1n) is 9.79. The Hall–Kier alpha value is -1.43. The third-order valence-electron chi connectivity index (χ3n) is 5.43. The van der Waals surface area contributed by atoms with E-state index in [1.807, 2.05) is 26.0 Å². The first kappa shape index (κ1) is 21.3. The van der Waals surface area contributed by atoms with E-state index >= 15 is 0 Å². The highest BCUT2D eigenvalue weighted by Gasteiger charge is 2.42. The van der Waals surface area contributed by atoms with E-state index in [0.29, 0.717) is 4.90 Å². The lowest BCUT2D eigenvalue weighted by atomic mass is 10.0. The summed E-state index contributed by atoms with van der Waals surface area (Å²) < 4.78 is 42.1. The second kappa shape index (κ2) is 8.93. The van der Waals surface area contributed by atoms with Crippen LogP contribution in [0, 0.1) is 12.7 Å². The second-order valence-corrected chi connectivity index (χ2v) is 10.2. The van der Waals surface area contributed by atoms with Crippen molar-refractivity contribution in [1.29, 1.82) is 0 Å². The fourth-order valence-electron chi connectivity index (χ4n) is 3.96. The summed E-state index contributed by atoms with van der Waals surface area (Å²) in [4.78, 5) is 0.308.